The number of likely N-dealkylation sites (N-methyl/N-ethyl adjacent to an activating group) is 1. The van der Waals surface area contributed by atoms with Crippen molar-refractivity contribution in [2.24, 2.45) is 4.99 Å². The number of ether oxygens (including phenoxy) is 1. The summed E-state index contributed by atoms with van der Waals surface area (Å²) in [5.41, 5.74) is 2.19. The van der Waals surface area contributed by atoms with Gasteiger partial charge in [-0.15, -0.1) is 0 Å². The van der Waals surface area contributed by atoms with Gasteiger partial charge >= 0.3 is 0 Å². The van der Waals surface area contributed by atoms with E-state index in [0.717, 1.165) is 0 Å². The summed E-state index contributed by atoms with van der Waals surface area (Å²) in [7, 11) is 1.68. The Labute approximate surface area is 167 Å². The van der Waals surface area contributed by atoms with Crippen LogP contribution >= 0.6 is 11.6 Å². The van der Waals surface area contributed by atoms with E-state index in [1.54, 1.807) is 49.6 Å². The Morgan fingerprint density at radius 3 is 2.64 bits per heavy atom. The highest BCUT2D eigenvalue weighted by molar-refractivity contribution is 6.32. The molecule has 2 heterocycles. The normalized spacial score (nSPS) is 18.8. The number of amides is 1. The maximum absolute atomic E-state index is 14.6. The van der Waals surface area contributed by atoms with Gasteiger partial charge in [-0.05, 0) is 30.3 Å². The standard InChI is InChI=1S/C21H19ClFN3O2/c1-25-19-7-6-14(22)12-16(19)20(15-4-2-3-5-17(15)23)24-18(21(25)27)13-26-8-10-28-11-9-26/h2-7,12-13H,8-11H2,1H3. The summed E-state index contributed by atoms with van der Waals surface area (Å²) in [6.07, 6.45) is 1.73. The molecule has 0 atom stereocenters. The molecule has 28 heavy (non-hydrogen) atoms. The first-order valence-electron chi connectivity index (χ1n) is 9.00. The number of carbonyl (C=O) groups excluding carboxylic acids is 1. The number of benzene rings is 2. The number of rotatable bonds is 2. The second-order valence-corrected chi connectivity index (χ2v) is 7.07. The lowest BCUT2D eigenvalue weighted by Gasteiger charge is -2.26. The van der Waals surface area contributed by atoms with E-state index in [1.807, 2.05) is 4.90 Å². The molecule has 0 radical (unpaired) electrons. The van der Waals surface area contributed by atoms with Crippen molar-refractivity contribution in [3.05, 3.63) is 76.3 Å². The van der Waals surface area contributed by atoms with Crippen molar-refractivity contribution >= 4 is 28.9 Å². The van der Waals surface area contributed by atoms with Crippen molar-refractivity contribution in [1.82, 2.24) is 4.90 Å². The van der Waals surface area contributed by atoms with Crippen molar-refractivity contribution < 1.29 is 13.9 Å². The van der Waals surface area contributed by atoms with Crippen LogP contribution in [0.2, 0.25) is 5.02 Å². The van der Waals surface area contributed by atoms with Gasteiger partial charge in [-0.3, -0.25) is 4.79 Å². The number of hydrogen-bond donors (Lipinski definition) is 0. The lowest BCUT2D eigenvalue weighted by Crippen LogP contribution is -2.34. The lowest BCUT2D eigenvalue weighted by atomic mass is 10.00. The van der Waals surface area contributed by atoms with Crippen LogP contribution in [0.3, 0.4) is 0 Å². The van der Waals surface area contributed by atoms with Gasteiger partial charge < -0.3 is 14.5 Å². The van der Waals surface area contributed by atoms with Gasteiger partial charge in [0.25, 0.3) is 5.91 Å². The highest BCUT2D eigenvalue weighted by atomic mass is 35.5. The number of fused-ring (bicyclic) bond motifs is 1. The van der Waals surface area contributed by atoms with Crippen molar-refractivity contribution in [1.29, 1.82) is 0 Å². The van der Waals surface area contributed by atoms with Gasteiger partial charge in [-0.2, -0.15) is 0 Å². The lowest BCUT2D eigenvalue weighted by molar-refractivity contribution is -0.115. The van der Waals surface area contributed by atoms with E-state index in [0.29, 0.717) is 53.9 Å². The Morgan fingerprint density at radius 1 is 1.14 bits per heavy atom. The monoisotopic (exact) mass is 399 g/mol. The summed E-state index contributed by atoms with van der Waals surface area (Å²) >= 11 is 6.21. The van der Waals surface area contributed by atoms with Crippen LogP contribution in [0.15, 0.2) is 59.4 Å². The molecular weight excluding hydrogens is 381 g/mol. The van der Waals surface area contributed by atoms with E-state index in [9.17, 15) is 9.18 Å². The van der Waals surface area contributed by atoms with Crippen LogP contribution in [-0.4, -0.2) is 49.9 Å². The molecule has 0 spiro atoms. The topological polar surface area (TPSA) is 45.1 Å². The number of carbonyl (C=O) groups is 1. The Balaban J connectivity index is 1.92. The Kier molecular flexibility index (Phi) is 5.15. The molecule has 0 unspecified atom stereocenters. The number of halogens is 2. The van der Waals surface area contributed by atoms with Crippen LogP contribution in [0.1, 0.15) is 11.1 Å². The summed E-state index contributed by atoms with van der Waals surface area (Å²) in [5, 5.41) is 0.490. The molecule has 144 valence electrons. The fourth-order valence-electron chi connectivity index (χ4n) is 3.32. The first-order valence-corrected chi connectivity index (χ1v) is 9.37. The fourth-order valence-corrected chi connectivity index (χ4v) is 3.49. The summed E-state index contributed by atoms with van der Waals surface area (Å²) in [5.74, 6) is -0.670. The average molecular weight is 400 g/mol. The van der Waals surface area contributed by atoms with Crippen molar-refractivity contribution in [3.63, 3.8) is 0 Å². The van der Waals surface area contributed by atoms with Crippen molar-refractivity contribution in [3.8, 4) is 0 Å². The largest absolute Gasteiger partial charge is 0.378 e. The van der Waals surface area contributed by atoms with Crippen molar-refractivity contribution in [2.75, 3.05) is 38.3 Å². The maximum atomic E-state index is 14.6. The van der Waals surface area contributed by atoms with Crippen LogP contribution in [0.25, 0.3) is 0 Å². The summed E-state index contributed by atoms with van der Waals surface area (Å²) in [6, 6.07) is 11.6. The summed E-state index contributed by atoms with van der Waals surface area (Å²) in [6.45, 7) is 2.52. The van der Waals surface area contributed by atoms with Gasteiger partial charge in [0.15, 0.2) is 0 Å². The number of benzodiazepines with no additional fused rings is 1. The second-order valence-electron chi connectivity index (χ2n) is 6.63. The highest BCUT2D eigenvalue weighted by Gasteiger charge is 2.28. The smallest absolute Gasteiger partial charge is 0.278 e. The predicted octanol–water partition coefficient (Wildman–Crippen LogP) is 3.47. The molecule has 0 bridgehead atoms. The van der Waals surface area contributed by atoms with E-state index < -0.39 is 5.82 Å². The maximum Gasteiger partial charge on any atom is 0.278 e. The molecule has 1 amide bonds. The first-order chi connectivity index (χ1) is 13.5. The van der Waals surface area contributed by atoms with Gasteiger partial charge in [0.1, 0.15) is 11.5 Å². The van der Waals surface area contributed by atoms with Crippen LogP contribution in [-0.2, 0) is 9.53 Å². The molecule has 0 N–H and O–H groups in total. The molecule has 2 aromatic carbocycles. The third-order valence-corrected chi connectivity index (χ3v) is 5.05. The molecule has 5 nitrogen and oxygen atoms in total. The van der Waals surface area contributed by atoms with Crippen LogP contribution in [0.4, 0.5) is 10.1 Å². The van der Waals surface area contributed by atoms with E-state index in [2.05, 4.69) is 4.99 Å². The zero-order chi connectivity index (χ0) is 19.7. The third kappa shape index (κ3) is 3.53. The van der Waals surface area contributed by atoms with E-state index >= 15 is 0 Å². The van der Waals surface area contributed by atoms with Gasteiger partial charge in [-0.1, -0.05) is 23.7 Å². The SMILES string of the molecule is CN1C(=O)C(=CN2CCOCC2)N=C(c2ccccc2F)c2cc(Cl)ccc21. The van der Waals surface area contributed by atoms with Gasteiger partial charge in [0, 0.05) is 42.5 Å². The first kappa shape index (κ1) is 18.7. The number of nitrogens with zero attached hydrogens (tertiary/aromatic N) is 3. The molecule has 0 aliphatic carbocycles. The zero-order valence-corrected chi connectivity index (χ0v) is 16.1. The van der Waals surface area contributed by atoms with Gasteiger partial charge in [0.2, 0.25) is 0 Å². The second kappa shape index (κ2) is 7.73. The molecule has 0 aromatic heterocycles. The quantitative estimate of drug-likeness (QED) is 0.726. The van der Waals surface area contributed by atoms with Crippen LogP contribution < -0.4 is 4.90 Å². The molecule has 4 rings (SSSR count). The molecule has 0 saturated carbocycles. The van der Waals surface area contributed by atoms with E-state index in [1.165, 1.54) is 11.0 Å². The molecule has 1 fully saturated rings. The molecule has 2 aliphatic rings. The highest BCUT2D eigenvalue weighted by Crippen LogP contribution is 2.31. The molecule has 7 heteroatoms. The Hall–Kier alpha value is -2.70. The van der Waals surface area contributed by atoms with Crippen LogP contribution in [0, 0.1) is 5.82 Å². The fraction of sp³-hybridized carbons (Fsp3) is 0.238. The number of morpholine rings is 1. The van der Waals surface area contributed by atoms with Crippen molar-refractivity contribution in [2.45, 2.75) is 0 Å². The average Bonchev–Trinajstić information content (AvgIpc) is 2.80. The van der Waals surface area contributed by atoms with Gasteiger partial charge in [0.05, 0.1) is 24.6 Å². The van der Waals surface area contributed by atoms with E-state index in [-0.39, 0.29) is 11.6 Å². The number of anilines is 1. The number of hydrogen-bond acceptors (Lipinski definition) is 4. The minimum absolute atomic E-state index is 0.245. The minimum atomic E-state index is -0.407. The van der Waals surface area contributed by atoms with Crippen LogP contribution in [0.5, 0.6) is 0 Å². The zero-order valence-electron chi connectivity index (χ0n) is 15.4. The molecule has 1 saturated heterocycles. The molecule has 2 aromatic rings. The molecular formula is C21H19ClFN3O2. The minimum Gasteiger partial charge on any atom is -0.378 e. The summed E-state index contributed by atoms with van der Waals surface area (Å²) < 4.78 is 20.0. The van der Waals surface area contributed by atoms with E-state index in [4.69, 9.17) is 16.3 Å². The predicted molar refractivity (Wildman–Crippen MR) is 107 cm³/mol. The Bertz CT molecular complexity index is 983. The van der Waals surface area contributed by atoms with Gasteiger partial charge in [-0.25, -0.2) is 9.38 Å². The summed E-state index contributed by atoms with van der Waals surface area (Å²) in [4.78, 5) is 21.2. The number of aliphatic imine (C=N–C) groups is 1. The third-order valence-electron chi connectivity index (χ3n) is 4.81. The molecule has 2 aliphatic heterocycles. The Morgan fingerprint density at radius 2 is 1.89 bits per heavy atom.